The summed E-state index contributed by atoms with van der Waals surface area (Å²) in [4.78, 5) is 11.1. The Kier molecular flexibility index (Phi) is 6.25. The summed E-state index contributed by atoms with van der Waals surface area (Å²) in [6, 6.07) is 0. The Morgan fingerprint density at radius 3 is 2.29 bits per heavy atom. The standard InChI is InChI=1S/C9H19O4P/c1-5-7-13-14(11,12-6-2)9(4)8(3)10/h9H,5-7H2,1-4H3. The molecule has 5 heteroatoms. The molecule has 0 saturated heterocycles. The number of carbonyl (C=O) groups excluding carboxylic acids is 1. The van der Waals surface area contributed by atoms with Crippen LogP contribution in [0.2, 0.25) is 0 Å². The summed E-state index contributed by atoms with van der Waals surface area (Å²) in [6.45, 7) is 7.26. The van der Waals surface area contributed by atoms with Crippen LogP contribution < -0.4 is 0 Å². The van der Waals surface area contributed by atoms with Gasteiger partial charge in [-0.05, 0) is 27.2 Å². The van der Waals surface area contributed by atoms with E-state index in [1.54, 1.807) is 13.8 Å². The highest BCUT2D eigenvalue weighted by molar-refractivity contribution is 7.55. The molecule has 0 amide bonds. The molecule has 0 aromatic carbocycles. The van der Waals surface area contributed by atoms with Crippen LogP contribution in [0.1, 0.15) is 34.1 Å². The van der Waals surface area contributed by atoms with E-state index in [0.29, 0.717) is 13.2 Å². The van der Waals surface area contributed by atoms with Crippen molar-refractivity contribution in [2.75, 3.05) is 13.2 Å². The summed E-state index contributed by atoms with van der Waals surface area (Å²) in [7, 11) is -3.23. The second-order valence-electron chi connectivity index (χ2n) is 3.08. The number of ketones is 1. The highest BCUT2D eigenvalue weighted by atomic mass is 31.2. The number of carbonyl (C=O) groups is 1. The van der Waals surface area contributed by atoms with E-state index in [2.05, 4.69) is 0 Å². The predicted molar refractivity (Wildman–Crippen MR) is 55.6 cm³/mol. The van der Waals surface area contributed by atoms with Gasteiger partial charge < -0.3 is 9.05 Å². The fourth-order valence-corrected chi connectivity index (χ4v) is 2.65. The summed E-state index contributed by atoms with van der Waals surface area (Å²) in [6.07, 6.45) is 0.752. The highest BCUT2D eigenvalue weighted by Crippen LogP contribution is 2.53. The van der Waals surface area contributed by atoms with Gasteiger partial charge in [-0.25, -0.2) is 0 Å². The maximum absolute atomic E-state index is 12.0. The second-order valence-corrected chi connectivity index (χ2v) is 5.45. The van der Waals surface area contributed by atoms with Gasteiger partial charge in [-0.15, -0.1) is 0 Å². The molecule has 0 bridgehead atoms. The van der Waals surface area contributed by atoms with Crippen LogP contribution in [0, 0.1) is 0 Å². The second kappa shape index (κ2) is 6.33. The third-order valence-corrected chi connectivity index (χ3v) is 4.32. The Bertz CT molecular complexity index is 227. The van der Waals surface area contributed by atoms with Crippen molar-refractivity contribution in [2.24, 2.45) is 0 Å². The van der Waals surface area contributed by atoms with Crippen LogP contribution in [0.5, 0.6) is 0 Å². The molecular weight excluding hydrogens is 203 g/mol. The van der Waals surface area contributed by atoms with Crippen LogP contribution >= 0.6 is 7.60 Å². The zero-order chi connectivity index (χ0) is 11.2. The Morgan fingerprint density at radius 2 is 1.93 bits per heavy atom. The van der Waals surface area contributed by atoms with Crippen LogP contribution in [0.15, 0.2) is 0 Å². The first-order valence-electron chi connectivity index (χ1n) is 4.87. The molecule has 0 fully saturated rings. The van der Waals surface area contributed by atoms with Gasteiger partial charge >= 0.3 is 7.60 Å². The molecule has 0 aliphatic rings. The Balaban J connectivity index is 4.53. The van der Waals surface area contributed by atoms with Crippen LogP contribution in [0.4, 0.5) is 0 Å². The van der Waals surface area contributed by atoms with Crippen LogP contribution in [0.3, 0.4) is 0 Å². The van der Waals surface area contributed by atoms with E-state index in [9.17, 15) is 9.36 Å². The van der Waals surface area contributed by atoms with Crippen molar-refractivity contribution in [1.29, 1.82) is 0 Å². The molecule has 84 valence electrons. The molecular formula is C9H19O4P. The number of hydrogen-bond donors (Lipinski definition) is 0. The molecule has 0 spiro atoms. The largest absolute Gasteiger partial charge is 0.340 e. The molecule has 0 N–H and O–H groups in total. The molecule has 0 aromatic rings. The predicted octanol–water partition coefficient (Wildman–Crippen LogP) is 2.62. The molecule has 2 unspecified atom stereocenters. The quantitative estimate of drug-likeness (QED) is 0.621. The van der Waals surface area contributed by atoms with Crippen LogP contribution in [0.25, 0.3) is 0 Å². The molecule has 0 aliphatic heterocycles. The fraction of sp³-hybridized carbons (Fsp3) is 0.889. The first kappa shape index (κ1) is 13.8. The topological polar surface area (TPSA) is 52.6 Å². The van der Waals surface area contributed by atoms with Gasteiger partial charge in [-0.1, -0.05) is 6.92 Å². The number of Topliss-reactive ketones (excluding diaryl/α,β-unsaturated/α-hetero) is 1. The molecule has 0 saturated carbocycles. The Morgan fingerprint density at radius 1 is 1.36 bits per heavy atom. The minimum absolute atomic E-state index is 0.169. The lowest BCUT2D eigenvalue weighted by atomic mass is 10.3. The van der Waals surface area contributed by atoms with E-state index in [1.807, 2.05) is 6.92 Å². The lowest BCUT2D eigenvalue weighted by molar-refractivity contribution is -0.116. The van der Waals surface area contributed by atoms with Gasteiger partial charge in [0, 0.05) is 0 Å². The molecule has 0 rings (SSSR count). The molecule has 0 aromatic heterocycles. The van der Waals surface area contributed by atoms with Gasteiger partial charge in [0.25, 0.3) is 0 Å². The van der Waals surface area contributed by atoms with Crippen molar-refractivity contribution in [1.82, 2.24) is 0 Å². The summed E-state index contributed by atoms with van der Waals surface area (Å²) < 4.78 is 22.3. The third-order valence-electron chi connectivity index (χ3n) is 1.85. The van der Waals surface area contributed by atoms with E-state index in [0.717, 1.165) is 6.42 Å². The van der Waals surface area contributed by atoms with E-state index in [4.69, 9.17) is 9.05 Å². The third kappa shape index (κ3) is 3.91. The minimum atomic E-state index is -3.23. The summed E-state index contributed by atoms with van der Waals surface area (Å²) in [5.74, 6) is -0.169. The Hall–Kier alpha value is -0.180. The zero-order valence-electron chi connectivity index (χ0n) is 9.28. The van der Waals surface area contributed by atoms with Crippen LogP contribution in [-0.4, -0.2) is 24.7 Å². The number of hydrogen-bond acceptors (Lipinski definition) is 4. The fourth-order valence-electron chi connectivity index (χ4n) is 0.882. The monoisotopic (exact) mass is 222 g/mol. The molecule has 4 nitrogen and oxygen atoms in total. The van der Waals surface area contributed by atoms with E-state index in [-0.39, 0.29) is 5.78 Å². The highest BCUT2D eigenvalue weighted by Gasteiger charge is 2.35. The first-order valence-corrected chi connectivity index (χ1v) is 6.48. The van der Waals surface area contributed by atoms with Crippen molar-refractivity contribution in [3.8, 4) is 0 Å². The maximum Gasteiger partial charge on any atom is 0.340 e. The molecule has 0 aliphatic carbocycles. The maximum atomic E-state index is 12.0. The van der Waals surface area contributed by atoms with Crippen molar-refractivity contribution in [3.63, 3.8) is 0 Å². The smallest absolute Gasteiger partial charge is 0.308 e. The lowest BCUT2D eigenvalue weighted by Crippen LogP contribution is -2.17. The first-order chi connectivity index (χ1) is 6.48. The SMILES string of the molecule is CCCOP(=O)(OCC)C(C)C(C)=O. The summed E-state index contributed by atoms with van der Waals surface area (Å²) in [5, 5.41) is 0. The van der Waals surface area contributed by atoms with Gasteiger partial charge in [0.2, 0.25) is 0 Å². The van der Waals surface area contributed by atoms with Gasteiger partial charge in [0.05, 0.1) is 13.2 Å². The van der Waals surface area contributed by atoms with Crippen molar-refractivity contribution in [2.45, 2.75) is 39.8 Å². The van der Waals surface area contributed by atoms with E-state index < -0.39 is 13.3 Å². The molecule has 2 atom stereocenters. The minimum Gasteiger partial charge on any atom is -0.308 e. The number of rotatable bonds is 7. The lowest BCUT2D eigenvalue weighted by Gasteiger charge is -2.21. The van der Waals surface area contributed by atoms with Gasteiger partial charge in [0.15, 0.2) is 0 Å². The molecule has 0 radical (unpaired) electrons. The Labute approximate surface area is 85.5 Å². The van der Waals surface area contributed by atoms with E-state index in [1.165, 1.54) is 6.92 Å². The van der Waals surface area contributed by atoms with Gasteiger partial charge in [-0.3, -0.25) is 9.36 Å². The average Bonchev–Trinajstić information content (AvgIpc) is 2.14. The molecule has 0 heterocycles. The average molecular weight is 222 g/mol. The van der Waals surface area contributed by atoms with Gasteiger partial charge in [-0.2, -0.15) is 0 Å². The zero-order valence-corrected chi connectivity index (χ0v) is 10.2. The van der Waals surface area contributed by atoms with E-state index >= 15 is 0 Å². The van der Waals surface area contributed by atoms with Gasteiger partial charge in [0.1, 0.15) is 11.4 Å². The van der Waals surface area contributed by atoms with Crippen LogP contribution in [-0.2, 0) is 18.4 Å². The molecule has 14 heavy (non-hydrogen) atoms. The van der Waals surface area contributed by atoms with Crippen molar-refractivity contribution < 1.29 is 18.4 Å². The van der Waals surface area contributed by atoms with Crippen molar-refractivity contribution >= 4 is 13.4 Å². The summed E-state index contributed by atoms with van der Waals surface area (Å²) in [5.41, 5.74) is -0.672. The summed E-state index contributed by atoms with van der Waals surface area (Å²) >= 11 is 0. The normalized spacial score (nSPS) is 17.4. The van der Waals surface area contributed by atoms with Crippen molar-refractivity contribution in [3.05, 3.63) is 0 Å².